The van der Waals surface area contributed by atoms with Crippen LogP contribution in [-0.2, 0) is 17.8 Å². The van der Waals surface area contributed by atoms with E-state index in [0.717, 1.165) is 17.7 Å². The number of fused-ring (bicyclic) bond motifs is 2. The molecule has 1 aliphatic heterocycles. The van der Waals surface area contributed by atoms with Crippen LogP contribution in [0.2, 0.25) is 5.02 Å². The normalized spacial score (nSPS) is 12.3. The van der Waals surface area contributed by atoms with Gasteiger partial charge in [0.25, 0.3) is 5.56 Å². The predicted molar refractivity (Wildman–Crippen MR) is 114 cm³/mol. The van der Waals surface area contributed by atoms with Crippen molar-refractivity contribution in [1.29, 1.82) is 0 Å². The number of halogens is 1. The number of hydrogen-bond acceptors (Lipinski definition) is 5. The standard InChI is InChI=1S/C22H22ClN3O4/c1-2-9-26(12-20-24-17-11-15(23)5-6-16(17)22(28)25-20)21(27)8-4-14-3-7-18-19(10-14)30-13-29-18/h3,5-7,10-11H,2,4,8-9,12-13H2,1H3,(H,24,25,28). The van der Waals surface area contributed by atoms with E-state index in [9.17, 15) is 9.59 Å². The van der Waals surface area contributed by atoms with Crippen LogP contribution >= 0.6 is 11.6 Å². The number of benzene rings is 2. The van der Waals surface area contributed by atoms with Crippen molar-refractivity contribution in [3.63, 3.8) is 0 Å². The van der Waals surface area contributed by atoms with E-state index in [1.54, 1.807) is 23.1 Å². The Morgan fingerprint density at radius 2 is 2.03 bits per heavy atom. The van der Waals surface area contributed by atoms with Gasteiger partial charge in [-0.1, -0.05) is 24.6 Å². The molecule has 0 aliphatic carbocycles. The van der Waals surface area contributed by atoms with Crippen molar-refractivity contribution in [3.05, 3.63) is 63.2 Å². The molecule has 1 amide bonds. The highest BCUT2D eigenvalue weighted by Crippen LogP contribution is 2.32. The lowest BCUT2D eigenvalue weighted by molar-refractivity contribution is -0.131. The number of amides is 1. The number of aromatic amines is 1. The van der Waals surface area contributed by atoms with E-state index < -0.39 is 0 Å². The lowest BCUT2D eigenvalue weighted by atomic mass is 10.1. The summed E-state index contributed by atoms with van der Waals surface area (Å²) in [5.74, 6) is 1.88. The van der Waals surface area contributed by atoms with Crippen molar-refractivity contribution in [2.45, 2.75) is 32.7 Å². The molecule has 0 atom stereocenters. The molecule has 0 bridgehead atoms. The molecule has 1 N–H and O–H groups in total. The van der Waals surface area contributed by atoms with Gasteiger partial charge in [-0.05, 0) is 48.7 Å². The molecule has 0 spiro atoms. The van der Waals surface area contributed by atoms with Crippen LogP contribution in [0.3, 0.4) is 0 Å². The van der Waals surface area contributed by atoms with E-state index in [4.69, 9.17) is 21.1 Å². The number of H-pyrrole nitrogens is 1. The van der Waals surface area contributed by atoms with Crippen molar-refractivity contribution in [2.24, 2.45) is 0 Å². The quantitative estimate of drug-likeness (QED) is 0.621. The van der Waals surface area contributed by atoms with Gasteiger partial charge in [0.1, 0.15) is 5.82 Å². The zero-order chi connectivity index (χ0) is 21.1. The fourth-order valence-electron chi connectivity index (χ4n) is 3.48. The van der Waals surface area contributed by atoms with Crippen molar-refractivity contribution in [2.75, 3.05) is 13.3 Å². The fourth-order valence-corrected chi connectivity index (χ4v) is 3.65. The van der Waals surface area contributed by atoms with Crippen LogP contribution in [0.1, 0.15) is 31.2 Å². The molecule has 0 unspecified atom stereocenters. The third-order valence-electron chi connectivity index (χ3n) is 4.97. The van der Waals surface area contributed by atoms with Crippen LogP contribution in [0.4, 0.5) is 0 Å². The van der Waals surface area contributed by atoms with Crippen LogP contribution in [0, 0.1) is 0 Å². The summed E-state index contributed by atoms with van der Waals surface area (Å²) in [6.45, 7) is 3.06. The van der Waals surface area contributed by atoms with Gasteiger partial charge < -0.3 is 19.4 Å². The van der Waals surface area contributed by atoms with Crippen molar-refractivity contribution in [1.82, 2.24) is 14.9 Å². The van der Waals surface area contributed by atoms with E-state index in [1.807, 2.05) is 25.1 Å². The number of hydrogen-bond donors (Lipinski definition) is 1. The first-order valence-corrected chi connectivity index (χ1v) is 10.3. The van der Waals surface area contributed by atoms with Gasteiger partial charge in [-0.2, -0.15) is 0 Å². The van der Waals surface area contributed by atoms with E-state index in [2.05, 4.69) is 9.97 Å². The molecule has 2 heterocycles. The van der Waals surface area contributed by atoms with Gasteiger partial charge in [-0.15, -0.1) is 0 Å². The topological polar surface area (TPSA) is 84.5 Å². The SMILES string of the molecule is CCCN(Cc1nc2cc(Cl)ccc2c(=O)[nH]1)C(=O)CCc1ccc2c(c1)OCO2. The van der Waals surface area contributed by atoms with Crippen LogP contribution in [0.5, 0.6) is 11.5 Å². The number of aryl methyl sites for hydroxylation is 1. The maximum absolute atomic E-state index is 12.9. The molecule has 1 aromatic heterocycles. The smallest absolute Gasteiger partial charge is 0.258 e. The van der Waals surface area contributed by atoms with Gasteiger partial charge in [0.2, 0.25) is 12.7 Å². The van der Waals surface area contributed by atoms with Gasteiger partial charge >= 0.3 is 0 Å². The van der Waals surface area contributed by atoms with Crippen molar-refractivity contribution in [3.8, 4) is 11.5 Å². The Morgan fingerprint density at radius 1 is 1.20 bits per heavy atom. The van der Waals surface area contributed by atoms with Crippen LogP contribution < -0.4 is 15.0 Å². The number of ether oxygens (including phenoxy) is 2. The molecule has 0 saturated heterocycles. The van der Waals surface area contributed by atoms with Gasteiger partial charge in [0.05, 0.1) is 17.4 Å². The third-order valence-corrected chi connectivity index (χ3v) is 5.20. The molecule has 0 radical (unpaired) electrons. The Hall–Kier alpha value is -3.06. The lowest BCUT2D eigenvalue weighted by Gasteiger charge is -2.22. The maximum atomic E-state index is 12.9. The maximum Gasteiger partial charge on any atom is 0.258 e. The minimum absolute atomic E-state index is 0.00311. The van der Waals surface area contributed by atoms with E-state index >= 15 is 0 Å². The zero-order valence-corrected chi connectivity index (χ0v) is 17.4. The van der Waals surface area contributed by atoms with Gasteiger partial charge in [0, 0.05) is 18.0 Å². The molecule has 8 heteroatoms. The zero-order valence-electron chi connectivity index (χ0n) is 16.6. The first-order valence-electron chi connectivity index (χ1n) is 9.88. The second kappa shape index (κ2) is 8.75. The Labute approximate surface area is 178 Å². The lowest BCUT2D eigenvalue weighted by Crippen LogP contribution is -2.33. The third kappa shape index (κ3) is 4.41. The molecule has 30 heavy (non-hydrogen) atoms. The highest BCUT2D eigenvalue weighted by Gasteiger charge is 2.17. The Kier molecular flexibility index (Phi) is 5.90. The number of carbonyl (C=O) groups excluding carboxylic acids is 1. The molecular formula is C22H22ClN3O4. The average Bonchev–Trinajstić information content (AvgIpc) is 3.19. The molecule has 0 fully saturated rings. The van der Waals surface area contributed by atoms with Gasteiger partial charge in [-0.25, -0.2) is 4.98 Å². The summed E-state index contributed by atoms with van der Waals surface area (Å²) in [5, 5.41) is 0.982. The summed E-state index contributed by atoms with van der Waals surface area (Å²) >= 11 is 6.03. The van der Waals surface area contributed by atoms with E-state index in [-0.39, 0.29) is 24.8 Å². The number of rotatable bonds is 7. The fraction of sp³-hybridized carbons (Fsp3) is 0.318. The number of carbonyl (C=O) groups is 1. The predicted octanol–water partition coefficient (Wildman–Crippen LogP) is 3.68. The molecule has 3 aromatic rings. The summed E-state index contributed by atoms with van der Waals surface area (Å²) < 4.78 is 10.7. The summed E-state index contributed by atoms with van der Waals surface area (Å²) in [7, 11) is 0. The summed E-state index contributed by atoms with van der Waals surface area (Å²) in [5.41, 5.74) is 1.29. The summed E-state index contributed by atoms with van der Waals surface area (Å²) in [4.78, 5) is 34.2. The second-order valence-corrected chi connectivity index (χ2v) is 7.61. The van der Waals surface area contributed by atoms with E-state index in [0.29, 0.717) is 46.9 Å². The molecule has 0 saturated carbocycles. The number of aromatic nitrogens is 2. The molecule has 2 aromatic carbocycles. The Balaban J connectivity index is 1.47. The Morgan fingerprint density at radius 3 is 2.87 bits per heavy atom. The Bertz CT molecular complexity index is 1140. The van der Waals surface area contributed by atoms with Gasteiger partial charge in [0.15, 0.2) is 11.5 Å². The minimum Gasteiger partial charge on any atom is -0.454 e. The summed E-state index contributed by atoms with van der Waals surface area (Å²) in [6.07, 6.45) is 1.75. The number of nitrogens with zero attached hydrogens (tertiary/aromatic N) is 2. The second-order valence-electron chi connectivity index (χ2n) is 7.18. The van der Waals surface area contributed by atoms with Gasteiger partial charge in [-0.3, -0.25) is 9.59 Å². The average molecular weight is 428 g/mol. The van der Waals surface area contributed by atoms with Crippen LogP contribution in [0.25, 0.3) is 10.9 Å². The molecule has 1 aliphatic rings. The summed E-state index contributed by atoms with van der Waals surface area (Å²) in [6, 6.07) is 10.7. The highest BCUT2D eigenvalue weighted by molar-refractivity contribution is 6.31. The molecule has 156 valence electrons. The van der Waals surface area contributed by atoms with Crippen molar-refractivity contribution < 1.29 is 14.3 Å². The first-order chi connectivity index (χ1) is 14.5. The molecule has 4 rings (SSSR count). The van der Waals surface area contributed by atoms with Crippen LogP contribution in [0.15, 0.2) is 41.2 Å². The van der Waals surface area contributed by atoms with Crippen molar-refractivity contribution >= 4 is 28.4 Å². The highest BCUT2D eigenvalue weighted by atomic mass is 35.5. The number of nitrogens with one attached hydrogen (secondary N) is 1. The minimum atomic E-state index is -0.240. The largest absolute Gasteiger partial charge is 0.454 e. The van der Waals surface area contributed by atoms with E-state index in [1.165, 1.54) is 0 Å². The monoisotopic (exact) mass is 427 g/mol. The van der Waals surface area contributed by atoms with Crippen LogP contribution in [-0.4, -0.2) is 34.1 Å². The molecule has 7 nitrogen and oxygen atoms in total. The molecular weight excluding hydrogens is 406 g/mol. The first kappa shape index (κ1) is 20.2.